The molecular weight excluding hydrogens is 202 g/mol. The van der Waals surface area contributed by atoms with Crippen LogP contribution in [0.3, 0.4) is 0 Å². The van der Waals surface area contributed by atoms with Crippen LogP contribution in [0.25, 0.3) is 5.69 Å². The van der Waals surface area contributed by atoms with E-state index in [2.05, 4.69) is 10.3 Å². The van der Waals surface area contributed by atoms with Gasteiger partial charge in [-0.05, 0) is 25.0 Å². The largest absolute Gasteiger partial charge is 0.296 e. The number of hydrogen-bond acceptors (Lipinski definition) is 3. The molecule has 1 aliphatic carbocycles. The molecule has 0 N–H and O–H groups in total. The first kappa shape index (κ1) is 9.27. The minimum Gasteiger partial charge on any atom is -0.296 e. The van der Waals surface area contributed by atoms with Gasteiger partial charge < -0.3 is 0 Å². The summed E-state index contributed by atoms with van der Waals surface area (Å²) in [6.07, 6.45) is 3.04. The van der Waals surface area contributed by atoms with Crippen LogP contribution in [0.2, 0.25) is 0 Å². The molecule has 1 saturated carbocycles. The van der Waals surface area contributed by atoms with Crippen LogP contribution in [0.4, 0.5) is 0 Å². The molecule has 0 radical (unpaired) electrons. The highest BCUT2D eigenvalue weighted by molar-refractivity contribution is 5.74. The van der Waals surface area contributed by atoms with Crippen LogP contribution in [0.5, 0.6) is 0 Å². The summed E-state index contributed by atoms with van der Waals surface area (Å²) in [5, 5.41) is 7.97. The van der Waals surface area contributed by atoms with Crippen molar-refractivity contribution >= 4 is 6.29 Å². The zero-order valence-electron chi connectivity index (χ0n) is 8.71. The highest BCUT2D eigenvalue weighted by Crippen LogP contribution is 2.41. The molecule has 4 heteroatoms. The molecule has 0 atom stereocenters. The molecule has 3 rings (SSSR count). The van der Waals surface area contributed by atoms with Crippen molar-refractivity contribution in [3.63, 3.8) is 0 Å². The quantitative estimate of drug-likeness (QED) is 0.732. The standard InChI is InChI=1S/C12H11N3O/c16-8-11-12(9-6-7-9)15(14-13-11)10-4-2-1-3-5-10/h1-5,8-9H,6-7H2. The van der Waals surface area contributed by atoms with E-state index in [4.69, 9.17) is 0 Å². The maximum atomic E-state index is 10.9. The third-order valence-electron chi connectivity index (χ3n) is 2.81. The lowest BCUT2D eigenvalue weighted by Crippen LogP contribution is -2.02. The summed E-state index contributed by atoms with van der Waals surface area (Å²) in [6.45, 7) is 0. The summed E-state index contributed by atoms with van der Waals surface area (Å²) in [5.41, 5.74) is 2.40. The molecule has 1 heterocycles. The smallest absolute Gasteiger partial charge is 0.172 e. The summed E-state index contributed by atoms with van der Waals surface area (Å²) < 4.78 is 1.78. The van der Waals surface area contributed by atoms with E-state index >= 15 is 0 Å². The Morgan fingerprint density at radius 2 is 2.00 bits per heavy atom. The highest BCUT2D eigenvalue weighted by Gasteiger charge is 2.31. The van der Waals surface area contributed by atoms with Gasteiger partial charge in [0.1, 0.15) is 5.69 Å². The van der Waals surface area contributed by atoms with Gasteiger partial charge in [-0.1, -0.05) is 23.4 Å². The van der Waals surface area contributed by atoms with E-state index in [9.17, 15) is 4.79 Å². The monoisotopic (exact) mass is 213 g/mol. The molecular formula is C12H11N3O. The number of aldehydes is 1. The van der Waals surface area contributed by atoms with E-state index in [1.807, 2.05) is 30.3 Å². The number of carbonyl (C=O) groups is 1. The maximum Gasteiger partial charge on any atom is 0.172 e. The van der Waals surface area contributed by atoms with Crippen molar-refractivity contribution in [2.45, 2.75) is 18.8 Å². The van der Waals surface area contributed by atoms with Gasteiger partial charge in [0.15, 0.2) is 6.29 Å². The van der Waals surface area contributed by atoms with E-state index in [-0.39, 0.29) is 0 Å². The highest BCUT2D eigenvalue weighted by atomic mass is 16.1. The number of benzene rings is 1. The Hall–Kier alpha value is -1.97. The molecule has 1 fully saturated rings. The normalized spacial score (nSPS) is 15.0. The van der Waals surface area contributed by atoms with Crippen LogP contribution in [0.15, 0.2) is 30.3 Å². The number of nitrogens with zero attached hydrogens (tertiary/aromatic N) is 3. The van der Waals surface area contributed by atoms with Gasteiger partial charge in [-0.2, -0.15) is 0 Å². The van der Waals surface area contributed by atoms with Crippen molar-refractivity contribution in [3.05, 3.63) is 41.7 Å². The number of hydrogen-bond donors (Lipinski definition) is 0. The van der Waals surface area contributed by atoms with Crippen LogP contribution in [0, 0.1) is 0 Å². The second kappa shape index (κ2) is 3.56. The van der Waals surface area contributed by atoms with Crippen LogP contribution >= 0.6 is 0 Å². The van der Waals surface area contributed by atoms with Gasteiger partial charge in [-0.25, -0.2) is 4.68 Å². The fourth-order valence-corrected chi connectivity index (χ4v) is 1.88. The zero-order valence-corrected chi connectivity index (χ0v) is 8.71. The molecule has 0 aliphatic heterocycles. The van der Waals surface area contributed by atoms with Gasteiger partial charge in [-0.15, -0.1) is 5.10 Å². The summed E-state index contributed by atoms with van der Waals surface area (Å²) >= 11 is 0. The summed E-state index contributed by atoms with van der Waals surface area (Å²) in [5.74, 6) is 0.454. The predicted octanol–water partition coefficient (Wildman–Crippen LogP) is 1.96. The summed E-state index contributed by atoms with van der Waals surface area (Å²) in [6, 6.07) is 9.80. The molecule has 16 heavy (non-hydrogen) atoms. The number of rotatable bonds is 3. The SMILES string of the molecule is O=Cc1nnn(-c2ccccc2)c1C1CC1. The molecule has 2 aromatic rings. The Balaban J connectivity index is 2.13. The van der Waals surface area contributed by atoms with Crippen molar-refractivity contribution in [2.24, 2.45) is 0 Å². The number of para-hydroxylation sites is 1. The third-order valence-corrected chi connectivity index (χ3v) is 2.81. The zero-order chi connectivity index (χ0) is 11.0. The van der Waals surface area contributed by atoms with Gasteiger partial charge in [-0.3, -0.25) is 4.79 Å². The van der Waals surface area contributed by atoms with Crippen molar-refractivity contribution in [2.75, 3.05) is 0 Å². The molecule has 0 amide bonds. The maximum absolute atomic E-state index is 10.9. The Morgan fingerprint density at radius 1 is 1.25 bits per heavy atom. The van der Waals surface area contributed by atoms with Crippen LogP contribution < -0.4 is 0 Å². The van der Waals surface area contributed by atoms with Crippen molar-refractivity contribution < 1.29 is 4.79 Å². The van der Waals surface area contributed by atoms with Gasteiger partial charge in [0, 0.05) is 5.92 Å². The summed E-state index contributed by atoms with van der Waals surface area (Å²) in [7, 11) is 0. The minimum atomic E-state index is 0.454. The average molecular weight is 213 g/mol. The van der Waals surface area contributed by atoms with Gasteiger partial charge in [0.2, 0.25) is 0 Å². The molecule has 0 spiro atoms. The van der Waals surface area contributed by atoms with Gasteiger partial charge in [0.05, 0.1) is 11.4 Å². The first-order chi connectivity index (χ1) is 7.90. The molecule has 1 aromatic carbocycles. The second-order valence-corrected chi connectivity index (χ2v) is 4.00. The topological polar surface area (TPSA) is 47.8 Å². The van der Waals surface area contributed by atoms with E-state index in [1.54, 1.807) is 4.68 Å². The Morgan fingerprint density at radius 3 is 2.62 bits per heavy atom. The molecule has 0 unspecified atom stereocenters. The second-order valence-electron chi connectivity index (χ2n) is 4.00. The van der Waals surface area contributed by atoms with E-state index in [0.717, 1.165) is 30.5 Å². The lowest BCUT2D eigenvalue weighted by Gasteiger charge is -2.04. The average Bonchev–Trinajstić information content (AvgIpc) is 3.09. The van der Waals surface area contributed by atoms with Crippen LogP contribution in [-0.4, -0.2) is 21.3 Å². The minimum absolute atomic E-state index is 0.454. The summed E-state index contributed by atoms with van der Waals surface area (Å²) in [4.78, 5) is 10.9. The van der Waals surface area contributed by atoms with Crippen molar-refractivity contribution in [1.82, 2.24) is 15.0 Å². The van der Waals surface area contributed by atoms with E-state index in [1.165, 1.54) is 0 Å². The van der Waals surface area contributed by atoms with Crippen LogP contribution in [-0.2, 0) is 0 Å². The molecule has 80 valence electrons. The lowest BCUT2D eigenvalue weighted by atomic mass is 10.2. The predicted molar refractivity (Wildman–Crippen MR) is 58.7 cm³/mol. The van der Waals surface area contributed by atoms with Crippen LogP contribution in [0.1, 0.15) is 34.9 Å². The van der Waals surface area contributed by atoms with E-state index in [0.29, 0.717) is 11.6 Å². The molecule has 4 nitrogen and oxygen atoms in total. The molecule has 0 saturated heterocycles. The van der Waals surface area contributed by atoms with Gasteiger partial charge >= 0.3 is 0 Å². The Bertz CT molecular complexity index is 514. The Labute approximate surface area is 92.9 Å². The molecule has 1 aliphatic rings. The molecule has 1 aromatic heterocycles. The van der Waals surface area contributed by atoms with Crippen molar-refractivity contribution in [1.29, 1.82) is 0 Å². The third kappa shape index (κ3) is 1.43. The van der Waals surface area contributed by atoms with Gasteiger partial charge in [0.25, 0.3) is 0 Å². The molecule has 0 bridgehead atoms. The van der Waals surface area contributed by atoms with Crippen molar-refractivity contribution in [3.8, 4) is 5.69 Å². The first-order valence-electron chi connectivity index (χ1n) is 5.36. The first-order valence-corrected chi connectivity index (χ1v) is 5.36. The fraction of sp³-hybridized carbons (Fsp3) is 0.250. The van der Waals surface area contributed by atoms with E-state index < -0.39 is 0 Å². The number of aromatic nitrogens is 3. The fourth-order valence-electron chi connectivity index (χ4n) is 1.88. The lowest BCUT2D eigenvalue weighted by molar-refractivity contribution is 0.111. The Kier molecular flexibility index (Phi) is 2.06. The number of carbonyl (C=O) groups excluding carboxylic acids is 1.